The van der Waals surface area contributed by atoms with E-state index in [1.807, 2.05) is 0 Å². The third-order valence-electron chi connectivity index (χ3n) is 10.6. The van der Waals surface area contributed by atoms with Crippen molar-refractivity contribution in [2.45, 2.75) is 271 Å². The lowest BCUT2D eigenvalue weighted by Gasteiger charge is -2.06. The van der Waals surface area contributed by atoms with Crippen molar-refractivity contribution in [3.05, 3.63) is 24.3 Å². The van der Waals surface area contributed by atoms with Crippen LogP contribution in [0.25, 0.3) is 0 Å². The van der Waals surface area contributed by atoms with E-state index in [1.54, 1.807) is 0 Å². The van der Waals surface area contributed by atoms with Gasteiger partial charge >= 0.3 is 5.97 Å². The molecule has 0 aliphatic heterocycles. The first-order valence-corrected chi connectivity index (χ1v) is 23.3. The number of unbranched alkanes of at least 4 members (excludes halogenated alkanes) is 35. The zero-order chi connectivity index (χ0) is 36.1. The second kappa shape index (κ2) is 46.0. The summed E-state index contributed by atoms with van der Waals surface area (Å²) in [5, 5.41) is 0. The van der Waals surface area contributed by atoms with Crippen molar-refractivity contribution in [2.24, 2.45) is 0 Å². The summed E-state index contributed by atoms with van der Waals surface area (Å²) in [5.41, 5.74) is 0. The molecule has 0 radical (unpaired) electrons. The Hall–Kier alpha value is -1.05. The van der Waals surface area contributed by atoms with Gasteiger partial charge in [0.25, 0.3) is 0 Å². The minimum atomic E-state index is 0.0205. The number of carbonyl (C=O) groups excluding carboxylic acids is 1. The third kappa shape index (κ3) is 45.0. The molecule has 0 aliphatic carbocycles. The summed E-state index contributed by atoms with van der Waals surface area (Å²) in [6.07, 6.45) is 63.0. The van der Waals surface area contributed by atoms with E-state index in [0.717, 1.165) is 19.3 Å². The summed E-state index contributed by atoms with van der Waals surface area (Å²) in [7, 11) is 0. The van der Waals surface area contributed by atoms with Gasteiger partial charge in [-0.1, -0.05) is 244 Å². The van der Waals surface area contributed by atoms with Gasteiger partial charge in [0.2, 0.25) is 0 Å². The Morgan fingerprint density at radius 1 is 0.340 bits per heavy atom. The molecule has 2 nitrogen and oxygen atoms in total. The average molecular weight is 701 g/mol. The average Bonchev–Trinajstić information content (AvgIpc) is 3.12. The van der Waals surface area contributed by atoms with Gasteiger partial charge in [0.05, 0.1) is 6.61 Å². The normalized spacial score (nSPS) is 11.8. The van der Waals surface area contributed by atoms with E-state index in [0.29, 0.717) is 13.0 Å². The molecule has 0 aliphatic rings. The van der Waals surface area contributed by atoms with E-state index in [-0.39, 0.29) is 5.97 Å². The van der Waals surface area contributed by atoms with Gasteiger partial charge in [-0.15, -0.1) is 0 Å². The van der Waals surface area contributed by atoms with E-state index in [2.05, 4.69) is 38.2 Å². The van der Waals surface area contributed by atoms with Crippen LogP contribution < -0.4 is 0 Å². The standard InChI is InChI=1S/C48H92O2/c1-3-5-7-9-11-13-15-17-19-21-22-23-24-25-26-27-28-29-30-31-32-34-36-38-40-42-44-46-48(49)50-47-45-43-41-39-37-35-33-20-18-16-14-12-10-8-6-4-2/h12,14,18,20H,3-11,13,15-17,19,21-47H2,1-2H3/b14-12-,20-18+. The number of carbonyl (C=O) groups is 1. The van der Waals surface area contributed by atoms with Crippen LogP contribution in [0.3, 0.4) is 0 Å². The van der Waals surface area contributed by atoms with Crippen LogP contribution in [0.15, 0.2) is 24.3 Å². The zero-order valence-corrected chi connectivity index (χ0v) is 34.6. The Morgan fingerprint density at radius 3 is 1.00 bits per heavy atom. The lowest BCUT2D eigenvalue weighted by molar-refractivity contribution is -0.143. The Balaban J connectivity index is 3.18. The Morgan fingerprint density at radius 2 is 0.620 bits per heavy atom. The van der Waals surface area contributed by atoms with Gasteiger partial charge in [0, 0.05) is 6.42 Å². The maximum Gasteiger partial charge on any atom is 0.305 e. The monoisotopic (exact) mass is 701 g/mol. The topological polar surface area (TPSA) is 26.3 Å². The molecule has 0 atom stereocenters. The van der Waals surface area contributed by atoms with Crippen molar-refractivity contribution in [2.75, 3.05) is 6.61 Å². The molecule has 296 valence electrons. The summed E-state index contributed by atoms with van der Waals surface area (Å²) in [6, 6.07) is 0. The largest absolute Gasteiger partial charge is 0.466 e. The van der Waals surface area contributed by atoms with Crippen LogP contribution in [-0.4, -0.2) is 12.6 Å². The molecule has 0 saturated carbocycles. The highest BCUT2D eigenvalue weighted by Gasteiger charge is 2.03. The van der Waals surface area contributed by atoms with Crippen molar-refractivity contribution in [1.82, 2.24) is 0 Å². The molecule has 0 aromatic rings. The fourth-order valence-electron chi connectivity index (χ4n) is 7.11. The van der Waals surface area contributed by atoms with Crippen molar-refractivity contribution in [3.8, 4) is 0 Å². The predicted molar refractivity (Wildman–Crippen MR) is 225 cm³/mol. The highest BCUT2D eigenvalue weighted by molar-refractivity contribution is 5.69. The lowest BCUT2D eigenvalue weighted by Crippen LogP contribution is -2.05. The van der Waals surface area contributed by atoms with Crippen molar-refractivity contribution in [3.63, 3.8) is 0 Å². The highest BCUT2D eigenvalue weighted by atomic mass is 16.5. The fraction of sp³-hybridized carbons (Fsp3) is 0.896. The highest BCUT2D eigenvalue weighted by Crippen LogP contribution is 2.16. The number of ether oxygens (including phenoxy) is 1. The second-order valence-electron chi connectivity index (χ2n) is 15.7. The summed E-state index contributed by atoms with van der Waals surface area (Å²) in [5.74, 6) is 0.0205. The van der Waals surface area contributed by atoms with Crippen LogP contribution in [0.4, 0.5) is 0 Å². The molecular weight excluding hydrogens is 609 g/mol. The zero-order valence-electron chi connectivity index (χ0n) is 34.6. The van der Waals surface area contributed by atoms with Crippen LogP contribution in [0, 0.1) is 0 Å². The van der Waals surface area contributed by atoms with Gasteiger partial charge in [-0.3, -0.25) is 4.79 Å². The summed E-state index contributed by atoms with van der Waals surface area (Å²) in [6.45, 7) is 5.18. The van der Waals surface area contributed by atoms with Gasteiger partial charge in [-0.25, -0.2) is 0 Å². The van der Waals surface area contributed by atoms with Crippen LogP contribution in [0.5, 0.6) is 0 Å². The van der Waals surface area contributed by atoms with E-state index in [9.17, 15) is 4.79 Å². The Bertz CT molecular complexity index is 680. The maximum absolute atomic E-state index is 12.0. The number of hydrogen-bond acceptors (Lipinski definition) is 2. The Kier molecular flexibility index (Phi) is 45.0. The summed E-state index contributed by atoms with van der Waals surface area (Å²) >= 11 is 0. The molecule has 0 spiro atoms. The quantitative estimate of drug-likeness (QED) is 0.0359. The SMILES string of the molecule is CCCCC/C=C\C/C=C/CCCCCCCCOC(=O)CCCCCCCCCCCCCCCCCCCCCCCCCCCCC. The van der Waals surface area contributed by atoms with Crippen LogP contribution in [-0.2, 0) is 9.53 Å². The molecule has 0 rings (SSSR count). The van der Waals surface area contributed by atoms with Gasteiger partial charge in [-0.05, 0) is 44.9 Å². The molecule has 0 heterocycles. The van der Waals surface area contributed by atoms with Crippen LogP contribution >= 0.6 is 0 Å². The Labute approximate surface area is 316 Å². The molecular formula is C48H92O2. The number of esters is 1. The second-order valence-corrected chi connectivity index (χ2v) is 15.7. The van der Waals surface area contributed by atoms with Crippen molar-refractivity contribution >= 4 is 5.97 Å². The first-order valence-electron chi connectivity index (χ1n) is 23.3. The molecule has 0 amide bonds. The smallest absolute Gasteiger partial charge is 0.305 e. The molecule has 0 aromatic heterocycles. The molecule has 0 unspecified atom stereocenters. The van der Waals surface area contributed by atoms with Crippen LogP contribution in [0.2, 0.25) is 0 Å². The first kappa shape index (κ1) is 49.0. The maximum atomic E-state index is 12.0. The number of allylic oxidation sites excluding steroid dienone is 4. The molecule has 0 N–H and O–H groups in total. The van der Waals surface area contributed by atoms with Gasteiger partial charge < -0.3 is 4.74 Å². The van der Waals surface area contributed by atoms with Crippen molar-refractivity contribution < 1.29 is 9.53 Å². The fourth-order valence-corrected chi connectivity index (χ4v) is 7.11. The minimum absolute atomic E-state index is 0.0205. The van der Waals surface area contributed by atoms with Gasteiger partial charge in [0.15, 0.2) is 0 Å². The van der Waals surface area contributed by atoms with Gasteiger partial charge in [-0.2, -0.15) is 0 Å². The molecule has 50 heavy (non-hydrogen) atoms. The molecule has 0 aromatic carbocycles. The van der Waals surface area contributed by atoms with E-state index in [4.69, 9.17) is 4.74 Å². The van der Waals surface area contributed by atoms with E-state index >= 15 is 0 Å². The van der Waals surface area contributed by atoms with Gasteiger partial charge in [0.1, 0.15) is 0 Å². The molecule has 0 saturated heterocycles. The predicted octanol–water partition coefficient (Wildman–Crippen LogP) is 17.3. The molecule has 0 fully saturated rings. The minimum Gasteiger partial charge on any atom is -0.466 e. The summed E-state index contributed by atoms with van der Waals surface area (Å²) in [4.78, 5) is 12.0. The molecule has 0 bridgehead atoms. The van der Waals surface area contributed by atoms with Crippen molar-refractivity contribution in [1.29, 1.82) is 0 Å². The summed E-state index contributed by atoms with van der Waals surface area (Å²) < 4.78 is 5.47. The first-order chi connectivity index (χ1) is 24.8. The molecule has 2 heteroatoms. The number of rotatable bonds is 43. The van der Waals surface area contributed by atoms with Crippen LogP contribution in [0.1, 0.15) is 271 Å². The van der Waals surface area contributed by atoms with E-state index in [1.165, 1.54) is 231 Å². The third-order valence-corrected chi connectivity index (χ3v) is 10.6. The number of hydrogen-bond donors (Lipinski definition) is 0. The van der Waals surface area contributed by atoms with E-state index < -0.39 is 0 Å². The lowest BCUT2D eigenvalue weighted by atomic mass is 10.0.